The van der Waals surface area contributed by atoms with Crippen molar-refractivity contribution in [2.75, 3.05) is 9.80 Å². The number of nitrogens with zero attached hydrogens (tertiary/aromatic N) is 2. The quantitative estimate of drug-likeness (QED) is 0.166. The first kappa shape index (κ1) is 43.4. The first-order chi connectivity index (χ1) is 38.4. The molecule has 12 aromatic carbocycles. The number of hydrogen-bond acceptors (Lipinski definition) is 4. The number of furan rings is 2. The first-order valence-corrected chi connectivity index (χ1v) is 27.1. The molecule has 17 rings (SSSR count). The summed E-state index contributed by atoms with van der Waals surface area (Å²) in [5.41, 5.74) is 24.4. The van der Waals surface area contributed by atoms with E-state index in [1.165, 1.54) is 77.5 Å². The molecule has 0 amide bonds. The van der Waals surface area contributed by atoms with Gasteiger partial charge in [0.1, 0.15) is 22.3 Å². The summed E-state index contributed by atoms with van der Waals surface area (Å²) in [4.78, 5) is 4.93. The predicted molar refractivity (Wildman–Crippen MR) is 322 cm³/mol. The molecule has 14 aromatic rings. The average molecular weight is 997 g/mol. The monoisotopic (exact) mass is 996 g/mol. The van der Waals surface area contributed by atoms with E-state index in [4.69, 9.17) is 8.83 Å². The summed E-state index contributed by atoms with van der Waals surface area (Å²) in [6.45, 7) is 4.72. The van der Waals surface area contributed by atoms with Crippen molar-refractivity contribution in [3.05, 3.63) is 288 Å². The third-order valence-corrected chi connectivity index (χ3v) is 17.6. The molecule has 366 valence electrons. The first-order valence-electron chi connectivity index (χ1n) is 27.1. The molecule has 2 aromatic heterocycles. The van der Waals surface area contributed by atoms with E-state index in [0.29, 0.717) is 0 Å². The van der Waals surface area contributed by atoms with Crippen LogP contribution >= 0.6 is 0 Å². The van der Waals surface area contributed by atoms with Gasteiger partial charge in [-0.3, -0.25) is 0 Å². The van der Waals surface area contributed by atoms with Crippen LogP contribution in [-0.4, -0.2) is 0 Å². The van der Waals surface area contributed by atoms with Crippen LogP contribution in [0, 0.1) is 0 Å². The highest BCUT2D eigenvalue weighted by molar-refractivity contribution is 6.19. The van der Waals surface area contributed by atoms with Crippen molar-refractivity contribution in [1.82, 2.24) is 0 Å². The lowest BCUT2D eigenvalue weighted by Crippen LogP contribution is -2.26. The molecule has 78 heavy (non-hydrogen) atoms. The second-order valence-electron chi connectivity index (χ2n) is 21.9. The van der Waals surface area contributed by atoms with E-state index in [1.807, 2.05) is 0 Å². The van der Waals surface area contributed by atoms with Gasteiger partial charge in [0, 0.05) is 56.0 Å². The summed E-state index contributed by atoms with van der Waals surface area (Å²) in [5.74, 6) is 0. The fraction of sp³-hybridized carbons (Fsp3) is 0.0541. The second-order valence-corrected chi connectivity index (χ2v) is 21.9. The molecular formula is C74H48N2O2. The zero-order chi connectivity index (χ0) is 51.4. The summed E-state index contributed by atoms with van der Waals surface area (Å²) in [7, 11) is 0. The molecule has 0 fully saturated rings. The van der Waals surface area contributed by atoms with E-state index in [2.05, 4.69) is 278 Å². The Morgan fingerprint density at radius 3 is 1.58 bits per heavy atom. The topological polar surface area (TPSA) is 32.8 Å². The summed E-state index contributed by atoms with van der Waals surface area (Å²) in [5, 5.41) is 6.75. The number of rotatable bonds is 6. The molecule has 0 radical (unpaired) electrons. The summed E-state index contributed by atoms with van der Waals surface area (Å²) >= 11 is 0. The Kier molecular flexibility index (Phi) is 8.80. The van der Waals surface area contributed by atoms with Crippen LogP contribution in [0.1, 0.15) is 47.2 Å². The third kappa shape index (κ3) is 5.73. The Morgan fingerprint density at radius 2 is 0.808 bits per heavy atom. The van der Waals surface area contributed by atoms with Crippen molar-refractivity contribution in [3.63, 3.8) is 0 Å². The molecule has 0 saturated carbocycles. The van der Waals surface area contributed by atoms with Gasteiger partial charge in [-0.1, -0.05) is 190 Å². The molecule has 2 heterocycles. The minimum absolute atomic E-state index is 0.201. The lowest BCUT2D eigenvalue weighted by atomic mass is 9.70. The van der Waals surface area contributed by atoms with Crippen molar-refractivity contribution in [2.45, 2.75) is 24.7 Å². The van der Waals surface area contributed by atoms with Crippen LogP contribution in [0.3, 0.4) is 0 Å². The molecule has 3 aliphatic carbocycles. The van der Waals surface area contributed by atoms with Gasteiger partial charge in [0.25, 0.3) is 0 Å². The van der Waals surface area contributed by atoms with Crippen molar-refractivity contribution in [3.8, 4) is 33.4 Å². The number of hydrogen-bond donors (Lipinski definition) is 0. The van der Waals surface area contributed by atoms with Gasteiger partial charge in [0.15, 0.2) is 0 Å². The average Bonchev–Trinajstić information content (AvgIpc) is 4.12. The van der Waals surface area contributed by atoms with E-state index in [0.717, 1.165) is 78.0 Å². The van der Waals surface area contributed by atoms with Crippen LogP contribution < -0.4 is 9.80 Å². The van der Waals surface area contributed by atoms with Crippen molar-refractivity contribution >= 4 is 88.8 Å². The minimum atomic E-state index is -0.521. The van der Waals surface area contributed by atoms with Crippen LogP contribution in [0.4, 0.5) is 34.1 Å². The van der Waals surface area contributed by atoms with Crippen molar-refractivity contribution < 1.29 is 8.83 Å². The molecule has 3 aliphatic rings. The van der Waals surface area contributed by atoms with Crippen molar-refractivity contribution in [1.29, 1.82) is 0 Å². The Bertz CT molecular complexity index is 4810. The fourth-order valence-corrected chi connectivity index (χ4v) is 14.4. The zero-order valence-electron chi connectivity index (χ0n) is 43.0. The van der Waals surface area contributed by atoms with Gasteiger partial charge in [0.2, 0.25) is 0 Å². The Morgan fingerprint density at radius 1 is 0.295 bits per heavy atom. The van der Waals surface area contributed by atoms with Crippen LogP contribution in [0.15, 0.2) is 264 Å². The highest BCUT2D eigenvalue weighted by atomic mass is 16.3. The van der Waals surface area contributed by atoms with Crippen LogP contribution in [0.5, 0.6) is 0 Å². The molecule has 0 saturated heterocycles. The Balaban J connectivity index is 0.935. The SMILES string of the molecule is CC1(C)c2ccccc2-c2c(N(c3cccc(N(c4ccc5c(c4)C4(c6ccccc6-c6ccccc64)c4ccccc4-5)c4ccc5c(c4)oc4ccc6ccccc6c45)c3)c3cccc4oc5ccccc5c34)cccc21. The summed E-state index contributed by atoms with van der Waals surface area (Å²) in [6.07, 6.45) is 0. The maximum atomic E-state index is 6.88. The molecule has 4 heteroatoms. The highest BCUT2D eigenvalue weighted by Gasteiger charge is 2.51. The lowest BCUT2D eigenvalue weighted by Gasteiger charge is -2.33. The number of para-hydroxylation sites is 1. The van der Waals surface area contributed by atoms with Gasteiger partial charge in [-0.2, -0.15) is 0 Å². The Labute approximate surface area is 451 Å². The molecule has 4 nitrogen and oxygen atoms in total. The molecule has 0 unspecified atom stereocenters. The smallest absolute Gasteiger partial charge is 0.137 e. The van der Waals surface area contributed by atoms with Gasteiger partial charge < -0.3 is 18.6 Å². The van der Waals surface area contributed by atoms with Crippen molar-refractivity contribution in [2.24, 2.45) is 0 Å². The lowest BCUT2D eigenvalue weighted by molar-refractivity contribution is 0.660. The van der Waals surface area contributed by atoms with Crippen LogP contribution in [0.25, 0.3) is 88.0 Å². The number of anilines is 6. The normalized spacial score (nSPS) is 14.0. The highest BCUT2D eigenvalue weighted by Crippen LogP contribution is 2.64. The van der Waals surface area contributed by atoms with E-state index in [-0.39, 0.29) is 5.41 Å². The Hall–Kier alpha value is -9.90. The largest absolute Gasteiger partial charge is 0.456 e. The fourth-order valence-electron chi connectivity index (χ4n) is 14.4. The standard InChI is InChI=1S/C74H48N2O2/c1-73(2)58-27-10-8-25-55(58)71-62(73)31-16-32-64(71)76(65-33-17-35-67-72(65)56-26-9-14-34-66(56)77-67)47-20-15-19-46(42-47)75(49-38-40-57-69(44-49)78-68-41-36-45-18-3-4-21-50(45)70(57)68)48-37-39-54-53-24-7-13-30-61(53)74(63(54)43-48)59-28-11-5-22-51(59)52-23-6-12-29-60(52)74/h3-44H,1-2H3. The maximum Gasteiger partial charge on any atom is 0.137 e. The number of fused-ring (bicyclic) bond motifs is 21. The molecule has 0 N–H and O–H groups in total. The van der Waals surface area contributed by atoms with Crippen LogP contribution in [-0.2, 0) is 10.8 Å². The molecule has 0 bridgehead atoms. The summed E-state index contributed by atoms with van der Waals surface area (Å²) < 4.78 is 13.5. The van der Waals surface area contributed by atoms with Gasteiger partial charge in [-0.25, -0.2) is 0 Å². The van der Waals surface area contributed by atoms with E-state index in [9.17, 15) is 0 Å². The van der Waals surface area contributed by atoms with Gasteiger partial charge in [-0.15, -0.1) is 0 Å². The zero-order valence-corrected chi connectivity index (χ0v) is 43.0. The second kappa shape index (κ2) is 15.8. The van der Waals surface area contributed by atoms with Gasteiger partial charge in [-0.05, 0) is 145 Å². The van der Waals surface area contributed by atoms with E-state index >= 15 is 0 Å². The predicted octanol–water partition coefficient (Wildman–Crippen LogP) is 20.2. The van der Waals surface area contributed by atoms with E-state index < -0.39 is 5.41 Å². The van der Waals surface area contributed by atoms with Gasteiger partial charge in [0.05, 0.1) is 22.2 Å². The van der Waals surface area contributed by atoms with Gasteiger partial charge >= 0.3 is 0 Å². The molecular weight excluding hydrogens is 949 g/mol. The third-order valence-electron chi connectivity index (χ3n) is 17.6. The number of benzene rings is 12. The summed E-state index contributed by atoms with van der Waals surface area (Å²) in [6, 6.07) is 93.8. The minimum Gasteiger partial charge on any atom is -0.456 e. The molecule has 1 spiro atoms. The van der Waals surface area contributed by atoms with Crippen LogP contribution in [0.2, 0.25) is 0 Å². The van der Waals surface area contributed by atoms with E-state index in [1.54, 1.807) is 0 Å². The molecule has 0 atom stereocenters. The maximum absolute atomic E-state index is 6.88. The molecule has 0 aliphatic heterocycles.